The van der Waals surface area contributed by atoms with Crippen molar-refractivity contribution in [3.05, 3.63) is 58.1 Å². The average molecular weight is 356 g/mol. The van der Waals surface area contributed by atoms with Gasteiger partial charge in [-0.1, -0.05) is 18.2 Å². The van der Waals surface area contributed by atoms with Gasteiger partial charge in [0.2, 0.25) is 0 Å². The standard InChI is InChI=1S/C14H14BrNO3S/c1-10-3-2-4-12(7-10)16-20(18,19)14-6-5-11(9-17)8-13(14)15/h2-8,16-17H,9H2,1H3. The fraction of sp³-hybridized carbons (Fsp3) is 0.143. The molecule has 6 heteroatoms. The molecule has 2 N–H and O–H groups in total. The Morgan fingerprint density at radius 2 is 1.95 bits per heavy atom. The molecule has 0 bridgehead atoms. The molecule has 106 valence electrons. The molecule has 2 aromatic carbocycles. The van der Waals surface area contributed by atoms with Gasteiger partial charge >= 0.3 is 0 Å². The van der Waals surface area contributed by atoms with Crippen LogP contribution >= 0.6 is 15.9 Å². The molecule has 0 radical (unpaired) electrons. The molecule has 0 aliphatic heterocycles. The van der Waals surface area contributed by atoms with E-state index in [2.05, 4.69) is 20.7 Å². The number of aryl methyl sites for hydroxylation is 1. The minimum absolute atomic E-state index is 0.135. The fourth-order valence-electron chi connectivity index (χ4n) is 1.78. The topological polar surface area (TPSA) is 66.4 Å². The Hall–Kier alpha value is -1.37. The maximum Gasteiger partial charge on any atom is 0.263 e. The monoisotopic (exact) mass is 355 g/mol. The third kappa shape index (κ3) is 3.39. The predicted octanol–water partition coefficient (Wildman–Crippen LogP) is 3.05. The lowest BCUT2D eigenvalue weighted by Crippen LogP contribution is -2.13. The molecule has 0 unspecified atom stereocenters. The van der Waals surface area contributed by atoms with E-state index in [0.717, 1.165) is 5.56 Å². The molecule has 0 atom stereocenters. The average Bonchev–Trinajstić information content (AvgIpc) is 2.37. The first-order valence-corrected chi connectivity index (χ1v) is 8.19. The molecule has 4 nitrogen and oxygen atoms in total. The molecule has 20 heavy (non-hydrogen) atoms. The van der Waals surface area contributed by atoms with E-state index >= 15 is 0 Å². The van der Waals surface area contributed by atoms with E-state index in [4.69, 9.17) is 5.11 Å². The first kappa shape index (κ1) is 15.0. The van der Waals surface area contributed by atoms with E-state index in [0.29, 0.717) is 15.7 Å². The van der Waals surface area contributed by atoms with Crippen LogP contribution in [-0.4, -0.2) is 13.5 Å². The molecule has 2 rings (SSSR count). The molecular weight excluding hydrogens is 342 g/mol. The van der Waals surface area contributed by atoms with Crippen LogP contribution in [0.5, 0.6) is 0 Å². The van der Waals surface area contributed by atoms with Gasteiger partial charge in [0, 0.05) is 10.2 Å². The molecule has 0 aliphatic carbocycles. The summed E-state index contributed by atoms with van der Waals surface area (Å²) in [7, 11) is -3.66. The Balaban J connectivity index is 2.36. The summed E-state index contributed by atoms with van der Waals surface area (Å²) in [6, 6.07) is 11.8. The molecule has 0 aromatic heterocycles. The first-order valence-electron chi connectivity index (χ1n) is 5.91. The van der Waals surface area contributed by atoms with Gasteiger partial charge in [0.15, 0.2) is 0 Å². The molecular formula is C14H14BrNO3S. The zero-order valence-corrected chi connectivity index (χ0v) is 13.2. The van der Waals surface area contributed by atoms with Crippen molar-refractivity contribution in [2.24, 2.45) is 0 Å². The third-order valence-corrected chi connectivity index (χ3v) is 5.10. The highest BCUT2D eigenvalue weighted by Gasteiger charge is 2.18. The maximum atomic E-state index is 12.3. The quantitative estimate of drug-likeness (QED) is 0.885. The lowest BCUT2D eigenvalue weighted by atomic mass is 10.2. The summed E-state index contributed by atoms with van der Waals surface area (Å²) in [4.78, 5) is 0.135. The van der Waals surface area contributed by atoms with Gasteiger partial charge in [0.25, 0.3) is 10.0 Å². The van der Waals surface area contributed by atoms with Crippen LogP contribution < -0.4 is 4.72 Å². The number of anilines is 1. The van der Waals surface area contributed by atoms with E-state index in [9.17, 15) is 8.42 Å². The van der Waals surface area contributed by atoms with Crippen LogP contribution in [0.4, 0.5) is 5.69 Å². The van der Waals surface area contributed by atoms with Crippen LogP contribution in [0, 0.1) is 6.92 Å². The number of rotatable bonds is 4. The SMILES string of the molecule is Cc1cccc(NS(=O)(=O)c2ccc(CO)cc2Br)c1. The highest BCUT2D eigenvalue weighted by molar-refractivity contribution is 9.10. The molecule has 0 saturated carbocycles. The van der Waals surface area contributed by atoms with Crippen molar-refractivity contribution < 1.29 is 13.5 Å². The van der Waals surface area contributed by atoms with Gasteiger partial charge < -0.3 is 5.11 Å². The minimum atomic E-state index is -3.66. The Morgan fingerprint density at radius 1 is 1.20 bits per heavy atom. The second-order valence-corrected chi connectivity index (χ2v) is 6.90. The Labute approximate surface area is 126 Å². The summed E-state index contributed by atoms with van der Waals surface area (Å²) in [6.45, 7) is 1.76. The number of hydrogen-bond acceptors (Lipinski definition) is 3. The van der Waals surface area contributed by atoms with E-state index in [1.54, 1.807) is 30.3 Å². The van der Waals surface area contributed by atoms with Crippen LogP contribution in [-0.2, 0) is 16.6 Å². The lowest BCUT2D eigenvalue weighted by molar-refractivity contribution is 0.281. The summed E-state index contributed by atoms with van der Waals surface area (Å²) < 4.78 is 27.6. The highest BCUT2D eigenvalue weighted by Crippen LogP contribution is 2.25. The molecule has 2 aromatic rings. The van der Waals surface area contributed by atoms with Crippen LogP contribution in [0.25, 0.3) is 0 Å². The number of benzene rings is 2. The predicted molar refractivity (Wildman–Crippen MR) is 82.1 cm³/mol. The van der Waals surface area contributed by atoms with Gasteiger partial charge in [-0.3, -0.25) is 4.72 Å². The molecule has 0 heterocycles. The number of hydrogen-bond donors (Lipinski definition) is 2. The Kier molecular flexibility index (Phi) is 4.47. The summed E-state index contributed by atoms with van der Waals surface area (Å²) >= 11 is 3.22. The van der Waals surface area contributed by atoms with Gasteiger partial charge in [0.1, 0.15) is 4.90 Å². The van der Waals surface area contributed by atoms with E-state index in [1.807, 2.05) is 13.0 Å². The van der Waals surface area contributed by atoms with Gasteiger partial charge in [0.05, 0.1) is 6.61 Å². The molecule has 0 amide bonds. The van der Waals surface area contributed by atoms with Crippen molar-refractivity contribution in [1.29, 1.82) is 0 Å². The van der Waals surface area contributed by atoms with Crippen LogP contribution in [0.2, 0.25) is 0 Å². The number of nitrogens with one attached hydrogen (secondary N) is 1. The number of halogens is 1. The Bertz CT molecular complexity index is 729. The second kappa shape index (κ2) is 5.95. The van der Waals surface area contributed by atoms with Crippen LogP contribution in [0.1, 0.15) is 11.1 Å². The van der Waals surface area contributed by atoms with Crippen molar-refractivity contribution in [2.75, 3.05) is 4.72 Å². The largest absolute Gasteiger partial charge is 0.392 e. The van der Waals surface area contributed by atoms with E-state index in [1.165, 1.54) is 6.07 Å². The third-order valence-electron chi connectivity index (χ3n) is 2.74. The van der Waals surface area contributed by atoms with Crippen molar-refractivity contribution in [2.45, 2.75) is 18.4 Å². The summed E-state index contributed by atoms with van der Waals surface area (Å²) in [5.41, 5.74) is 2.13. The van der Waals surface area contributed by atoms with Crippen LogP contribution in [0.3, 0.4) is 0 Å². The molecule has 0 spiro atoms. The number of aliphatic hydroxyl groups is 1. The minimum Gasteiger partial charge on any atom is -0.392 e. The Morgan fingerprint density at radius 3 is 2.55 bits per heavy atom. The van der Waals surface area contributed by atoms with Gasteiger partial charge in [-0.05, 0) is 58.2 Å². The zero-order valence-electron chi connectivity index (χ0n) is 10.8. The first-order chi connectivity index (χ1) is 9.42. The van der Waals surface area contributed by atoms with Crippen molar-refractivity contribution in [3.8, 4) is 0 Å². The summed E-state index contributed by atoms with van der Waals surface area (Å²) in [5.74, 6) is 0. The lowest BCUT2D eigenvalue weighted by Gasteiger charge is -2.11. The molecule has 0 saturated heterocycles. The van der Waals surface area contributed by atoms with E-state index < -0.39 is 10.0 Å². The molecule has 0 aliphatic rings. The summed E-state index contributed by atoms with van der Waals surface area (Å²) in [6.07, 6.45) is 0. The summed E-state index contributed by atoms with van der Waals surface area (Å²) in [5, 5.41) is 9.04. The smallest absolute Gasteiger partial charge is 0.263 e. The van der Waals surface area contributed by atoms with Gasteiger partial charge in [-0.15, -0.1) is 0 Å². The maximum absolute atomic E-state index is 12.3. The van der Waals surface area contributed by atoms with Crippen LogP contribution in [0.15, 0.2) is 51.8 Å². The van der Waals surface area contributed by atoms with E-state index in [-0.39, 0.29) is 11.5 Å². The van der Waals surface area contributed by atoms with Gasteiger partial charge in [-0.25, -0.2) is 8.42 Å². The van der Waals surface area contributed by atoms with Crippen molar-refractivity contribution in [3.63, 3.8) is 0 Å². The van der Waals surface area contributed by atoms with Gasteiger partial charge in [-0.2, -0.15) is 0 Å². The number of sulfonamides is 1. The zero-order chi connectivity index (χ0) is 14.8. The normalized spacial score (nSPS) is 11.3. The molecule has 0 fully saturated rings. The fourth-order valence-corrected chi connectivity index (χ4v) is 3.95. The second-order valence-electron chi connectivity index (χ2n) is 4.40. The number of aliphatic hydroxyl groups excluding tert-OH is 1. The highest BCUT2D eigenvalue weighted by atomic mass is 79.9. The van der Waals surface area contributed by atoms with Crippen molar-refractivity contribution in [1.82, 2.24) is 0 Å². The van der Waals surface area contributed by atoms with Crippen molar-refractivity contribution >= 4 is 31.6 Å².